The van der Waals surface area contributed by atoms with Gasteiger partial charge in [0.2, 0.25) is 0 Å². The van der Waals surface area contributed by atoms with E-state index in [-0.39, 0.29) is 40.8 Å². The minimum Gasteiger partial charge on any atom is -0.463 e. The Morgan fingerprint density at radius 2 is 1.80 bits per heavy atom. The van der Waals surface area contributed by atoms with Crippen molar-refractivity contribution in [1.29, 1.82) is 0 Å². The zero-order chi connectivity index (χ0) is 18.3. The second kappa shape index (κ2) is 5.07. The largest absolute Gasteiger partial charge is 0.463 e. The van der Waals surface area contributed by atoms with Crippen molar-refractivity contribution in [2.45, 2.75) is 83.5 Å². The normalized spacial score (nSPS) is 51.8. The number of aliphatic hydroxyl groups excluding tert-OH is 1. The van der Waals surface area contributed by atoms with E-state index in [1.165, 1.54) is 0 Å². The van der Waals surface area contributed by atoms with E-state index in [1.807, 2.05) is 6.92 Å². The van der Waals surface area contributed by atoms with Crippen molar-refractivity contribution < 1.29 is 24.2 Å². The van der Waals surface area contributed by atoms with Crippen LogP contribution in [0.15, 0.2) is 0 Å². The van der Waals surface area contributed by atoms with E-state index in [9.17, 15) is 14.7 Å². The maximum absolute atomic E-state index is 13.1. The topological polar surface area (TPSA) is 72.8 Å². The number of hydrogen-bond donors (Lipinski definition) is 1. The molecule has 0 aromatic carbocycles. The van der Waals surface area contributed by atoms with Crippen molar-refractivity contribution in [3.8, 4) is 0 Å². The van der Waals surface area contributed by atoms with E-state index < -0.39 is 17.3 Å². The fourth-order valence-corrected chi connectivity index (χ4v) is 6.84. The van der Waals surface area contributed by atoms with Gasteiger partial charge in [-0.3, -0.25) is 9.59 Å². The van der Waals surface area contributed by atoms with Crippen molar-refractivity contribution in [2.75, 3.05) is 6.61 Å². The zero-order valence-electron chi connectivity index (χ0n) is 15.8. The summed E-state index contributed by atoms with van der Waals surface area (Å²) >= 11 is 0. The maximum atomic E-state index is 13.1. The molecule has 0 bridgehead atoms. The number of fused-ring (bicyclic) bond motifs is 2. The van der Waals surface area contributed by atoms with Crippen LogP contribution in [0.4, 0.5) is 0 Å². The minimum absolute atomic E-state index is 0.0198. The second-order valence-electron chi connectivity index (χ2n) is 9.84. The first-order chi connectivity index (χ1) is 11.6. The lowest BCUT2D eigenvalue weighted by Gasteiger charge is -2.63. The van der Waals surface area contributed by atoms with Gasteiger partial charge in [0.1, 0.15) is 18.3 Å². The lowest BCUT2D eigenvalue weighted by Crippen LogP contribution is -2.69. The highest BCUT2D eigenvalue weighted by atomic mass is 16.6. The number of esters is 1. The van der Waals surface area contributed by atoms with Gasteiger partial charge in [0.15, 0.2) is 5.78 Å². The summed E-state index contributed by atoms with van der Waals surface area (Å²) in [5.74, 6) is -0.713. The number of rotatable bonds is 0. The van der Waals surface area contributed by atoms with Gasteiger partial charge in [-0.05, 0) is 31.1 Å². The fraction of sp³-hybridized carbons (Fsp3) is 0.900. The lowest BCUT2D eigenvalue weighted by molar-refractivity contribution is -0.255. The summed E-state index contributed by atoms with van der Waals surface area (Å²) in [6.07, 6.45) is 3.80. The summed E-state index contributed by atoms with van der Waals surface area (Å²) in [6.45, 7) is 8.74. The molecule has 2 aliphatic heterocycles. The third kappa shape index (κ3) is 2.08. The van der Waals surface area contributed by atoms with Crippen LogP contribution in [0.2, 0.25) is 0 Å². The van der Waals surface area contributed by atoms with Crippen LogP contribution >= 0.6 is 0 Å². The number of Topliss-reactive ketones (excluding diaryl/α,β-unsaturated/α-hetero) is 1. The second-order valence-corrected chi connectivity index (χ2v) is 9.84. The monoisotopic (exact) mass is 350 g/mol. The Morgan fingerprint density at radius 1 is 1.08 bits per heavy atom. The molecule has 140 valence electrons. The average Bonchev–Trinajstić information content (AvgIpc) is 3.08. The highest BCUT2D eigenvalue weighted by Gasteiger charge is 2.72. The number of ether oxygens (including phenoxy) is 2. The molecule has 6 atom stereocenters. The molecule has 1 N–H and O–H groups in total. The quantitative estimate of drug-likeness (QED) is 0.680. The van der Waals surface area contributed by atoms with Crippen LogP contribution in [0, 0.1) is 22.7 Å². The van der Waals surface area contributed by atoms with Gasteiger partial charge < -0.3 is 14.6 Å². The first kappa shape index (κ1) is 17.5. The molecule has 0 radical (unpaired) electrons. The van der Waals surface area contributed by atoms with Gasteiger partial charge in [-0.25, -0.2) is 0 Å². The lowest BCUT2D eigenvalue weighted by atomic mass is 9.43. The molecule has 5 nitrogen and oxygen atoms in total. The molecule has 2 saturated carbocycles. The van der Waals surface area contributed by atoms with E-state index in [0.29, 0.717) is 6.61 Å². The van der Waals surface area contributed by atoms with Gasteiger partial charge in [-0.2, -0.15) is 0 Å². The molecule has 25 heavy (non-hydrogen) atoms. The van der Waals surface area contributed by atoms with E-state index in [0.717, 1.165) is 32.1 Å². The molecule has 0 aromatic rings. The van der Waals surface area contributed by atoms with Gasteiger partial charge in [-0.15, -0.1) is 0 Å². The SMILES string of the molecule is CC1C(O)C(=O)C2C(C)(C)CCCC2(C)C12CCC1(COC(=O)C1)O2. The molecule has 4 aliphatic rings. The summed E-state index contributed by atoms with van der Waals surface area (Å²) in [6, 6.07) is 0. The molecule has 4 rings (SSSR count). The number of cyclic esters (lactones) is 1. The highest BCUT2D eigenvalue weighted by Crippen LogP contribution is 2.67. The van der Waals surface area contributed by atoms with Crippen molar-refractivity contribution in [3.63, 3.8) is 0 Å². The molecule has 5 heteroatoms. The molecule has 0 amide bonds. The Balaban J connectivity index is 1.81. The van der Waals surface area contributed by atoms with Crippen LogP contribution in [-0.2, 0) is 19.1 Å². The number of aliphatic hydroxyl groups is 1. The molecular weight excluding hydrogens is 320 g/mol. The Morgan fingerprint density at radius 3 is 2.44 bits per heavy atom. The van der Waals surface area contributed by atoms with Crippen molar-refractivity contribution >= 4 is 11.8 Å². The van der Waals surface area contributed by atoms with E-state index in [2.05, 4.69) is 20.8 Å². The number of ketones is 1. The van der Waals surface area contributed by atoms with Crippen LogP contribution in [-0.4, -0.2) is 40.8 Å². The van der Waals surface area contributed by atoms with Crippen LogP contribution in [0.3, 0.4) is 0 Å². The molecule has 2 spiro atoms. The predicted octanol–water partition coefficient (Wildman–Crippen LogP) is 2.63. The summed E-state index contributed by atoms with van der Waals surface area (Å²) in [4.78, 5) is 24.8. The van der Waals surface area contributed by atoms with Gasteiger partial charge in [0.25, 0.3) is 0 Å². The van der Waals surface area contributed by atoms with E-state index >= 15 is 0 Å². The fourth-order valence-electron chi connectivity index (χ4n) is 6.84. The van der Waals surface area contributed by atoms with E-state index in [1.54, 1.807) is 0 Å². The summed E-state index contributed by atoms with van der Waals surface area (Å²) in [5.41, 5.74) is -1.61. The Bertz CT molecular complexity index is 628. The van der Waals surface area contributed by atoms with Crippen LogP contribution in [0.25, 0.3) is 0 Å². The minimum atomic E-state index is -0.997. The molecule has 4 fully saturated rings. The average molecular weight is 350 g/mol. The molecule has 2 heterocycles. The summed E-state index contributed by atoms with van der Waals surface area (Å²) in [5, 5.41) is 10.8. The first-order valence-corrected chi connectivity index (χ1v) is 9.65. The Kier molecular flexibility index (Phi) is 3.54. The van der Waals surface area contributed by atoms with Crippen molar-refractivity contribution in [2.24, 2.45) is 22.7 Å². The van der Waals surface area contributed by atoms with Crippen LogP contribution < -0.4 is 0 Å². The van der Waals surface area contributed by atoms with Crippen LogP contribution in [0.1, 0.15) is 66.2 Å². The Hall–Kier alpha value is -0.940. The molecule has 2 aliphatic carbocycles. The maximum Gasteiger partial charge on any atom is 0.308 e. The van der Waals surface area contributed by atoms with Crippen LogP contribution in [0.5, 0.6) is 0 Å². The van der Waals surface area contributed by atoms with Gasteiger partial charge in [0.05, 0.1) is 12.0 Å². The predicted molar refractivity (Wildman–Crippen MR) is 90.8 cm³/mol. The molecule has 2 saturated heterocycles. The summed E-state index contributed by atoms with van der Waals surface area (Å²) in [7, 11) is 0. The number of carbonyl (C=O) groups is 2. The smallest absolute Gasteiger partial charge is 0.308 e. The Labute approximate surface area is 149 Å². The third-order valence-electron chi connectivity index (χ3n) is 8.00. The molecule has 0 aromatic heterocycles. The van der Waals surface area contributed by atoms with Crippen molar-refractivity contribution in [1.82, 2.24) is 0 Å². The first-order valence-electron chi connectivity index (χ1n) is 9.65. The van der Waals surface area contributed by atoms with Gasteiger partial charge in [-0.1, -0.05) is 34.1 Å². The van der Waals surface area contributed by atoms with Gasteiger partial charge in [0, 0.05) is 17.3 Å². The molecular formula is C20H30O5. The standard InChI is InChI=1S/C20H30O5/c1-12-14(22)15(23)16-17(2,3)6-5-7-18(16,4)20(12)9-8-19(25-20)10-13(21)24-11-19/h12,14,16,22H,5-11H2,1-4H3. The zero-order valence-corrected chi connectivity index (χ0v) is 15.8. The van der Waals surface area contributed by atoms with Gasteiger partial charge >= 0.3 is 5.97 Å². The summed E-state index contributed by atoms with van der Waals surface area (Å²) < 4.78 is 12.0. The third-order valence-corrected chi connectivity index (χ3v) is 8.00. The van der Waals surface area contributed by atoms with Crippen molar-refractivity contribution in [3.05, 3.63) is 0 Å². The number of hydrogen-bond acceptors (Lipinski definition) is 5. The highest BCUT2D eigenvalue weighted by molar-refractivity contribution is 5.88. The van der Waals surface area contributed by atoms with E-state index in [4.69, 9.17) is 9.47 Å². The number of carbonyl (C=O) groups excluding carboxylic acids is 2. The molecule has 6 unspecified atom stereocenters.